The number of H-pyrrole nitrogens is 1. The van der Waals surface area contributed by atoms with E-state index >= 15 is 0 Å². The first-order valence-electron chi connectivity index (χ1n) is 10.1. The van der Waals surface area contributed by atoms with Crippen LogP contribution in [0.2, 0.25) is 5.02 Å². The minimum Gasteiger partial charge on any atom is -0.345 e. The van der Waals surface area contributed by atoms with E-state index < -0.39 is 0 Å². The molecule has 5 heterocycles. The highest BCUT2D eigenvalue weighted by atomic mass is 35.5. The van der Waals surface area contributed by atoms with Crippen molar-refractivity contribution in [2.24, 2.45) is 14.1 Å². The van der Waals surface area contributed by atoms with E-state index in [2.05, 4.69) is 25.4 Å². The molecule has 1 aromatic carbocycles. The van der Waals surface area contributed by atoms with E-state index in [4.69, 9.17) is 16.6 Å². The van der Waals surface area contributed by atoms with E-state index in [1.165, 1.54) is 4.80 Å². The number of aromatic nitrogens is 6. The van der Waals surface area contributed by atoms with Crippen molar-refractivity contribution < 1.29 is 0 Å². The summed E-state index contributed by atoms with van der Waals surface area (Å²) < 4.78 is 1.67. The van der Waals surface area contributed by atoms with Crippen LogP contribution in [-0.2, 0) is 14.1 Å². The summed E-state index contributed by atoms with van der Waals surface area (Å²) in [6, 6.07) is 4.50. The number of fused-ring (bicyclic) bond motifs is 4. The maximum atomic E-state index is 13.4. The Bertz CT molecular complexity index is 1350. The second kappa shape index (κ2) is 6.29. The van der Waals surface area contributed by atoms with Gasteiger partial charge in [-0.15, -0.1) is 0 Å². The third-order valence-corrected chi connectivity index (χ3v) is 6.77. The zero-order valence-electron chi connectivity index (χ0n) is 16.7. The van der Waals surface area contributed by atoms with Crippen molar-refractivity contribution in [3.05, 3.63) is 33.7 Å². The second-order valence-electron chi connectivity index (χ2n) is 8.14. The molecular weight excluding hydrogens is 404 g/mol. The molecule has 2 aliphatic heterocycles. The van der Waals surface area contributed by atoms with Crippen molar-refractivity contribution in [1.29, 1.82) is 0 Å². The Hall–Kier alpha value is -2.91. The van der Waals surface area contributed by atoms with Crippen LogP contribution in [0, 0.1) is 0 Å². The molecule has 2 bridgehead atoms. The van der Waals surface area contributed by atoms with E-state index in [-0.39, 0.29) is 5.56 Å². The molecular formula is C20H21ClN8O. The van der Waals surface area contributed by atoms with Crippen molar-refractivity contribution in [2.75, 3.05) is 18.0 Å². The van der Waals surface area contributed by atoms with Crippen LogP contribution < -0.4 is 15.8 Å². The number of halogens is 1. The fourth-order valence-electron chi connectivity index (χ4n) is 4.96. The summed E-state index contributed by atoms with van der Waals surface area (Å²) in [6.45, 7) is 1.85. The van der Waals surface area contributed by atoms with Gasteiger partial charge in [0.25, 0.3) is 5.56 Å². The average molecular weight is 425 g/mol. The molecule has 4 aromatic rings. The highest BCUT2D eigenvalue weighted by Gasteiger charge is 2.38. The van der Waals surface area contributed by atoms with Crippen LogP contribution in [0.3, 0.4) is 0 Å². The Balaban J connectivity index is 1.54. The maximum absolute atomic E-state index is 13.4. The van der Waals surface area contributed by atoms with Crippen molar-refractivity contribution >= 4 is 39.6 Å². The van der Waals surface area contributed by atoms with E-state index in [9.17, 15) is 4.79 Å². The van der Waals surface area contributed by atoms with Crippen LogP contribution in [0.5, 0.6) is 0 Å². The first-order valence-corrected chi connectivity index (χ1v) is 10.5. The van der Waals surface area contributed by atoms with E-state index in [1.807, 2.05) is 12.1 Å². The lowest BCUT2D eigenvalue weighted by Crippen LogP contribution is -2.53. The molecule has 30 heavy (non-hydrogen) atoms. The molecule has 0 spiro atoms. The van der Waals surface area contributed by atoms with Gasteiger partial charge < -0.3 is 15.2 Å². The Labute approximate surface area is 176 Å². The minimum atomic E-state index is -0.0838. The van der Waals surface area contributed by atoms with Crippen molar-refractivity contribution in [1.82, 2.24) is 34.8 Å². The molecule has 2 atom stereocenters. The molecule has 3 aromatic heterocycles. The summed E-state index contributed by atoms with van der Waals surface area (Å²) in [5.41, 5.74) is 3.30. The predicted octanol–water partition coefficient (Wildman–Crippen LogP) is 1.80. The number of nitrogens with zero attached hydrogens (tertiary/aromatic N) is 6. The maximum Gasteiger partial charge on any atom is 0.264 e. The Morgan fingerprint density at radius 1 is 1.10 bits per heavy atom. The second-order valence-corrected chi connectivity index (χ2v) is 8.51. The molecule has 0 radical (unpaired) electrons. The summed E-state index contributed by atoms with van der Waals surface area (Å²) in [7, 11) is 3.56. The number of aryl methyl sites for hydroxylation is 1. The standard InChI is InChI=1S/C20H21ClN8O/c1-27-19(30)15-13(12-5-6-14-17(16(12)21)26-28(2)25-14)9-23-18(15)24-20(27)29-10-3-4-11(29)8-22-7-10/h5-6,9-11,22-23H,3-4,7-8H2,1-2H3. The van der Waals surface area contributed by atoms with Gasteiger partial charge in [0.15, 0.2) is 0 Å². The molecule has 2 saturated heterocycles. The zero-order chi connectivity index (χ0) is 20.6. The molecule has 2 N–H and O–H groups in total. The molecule has 2 fully saturated rings. The lowest BCUT2D eigenvalue weighted by atomic mass is 10.1. The van der Waals surface area contributed by atoms with Crippen LogP contribution in [0.25, 0.3) is 33.2 Å². The number of piperazine rings is 1. The average Bonchev–Trinajstić information content (AvgIpc) is 3.38. The van der Waals surface area contributed by atoms with Gasteiger partial charge in [0.1, 0.15) is 16.7 Å². The molecule has 0 amide bonds. The summed E-state index contributed by atoms with van der Waals surface area (Å²) >= 11 is 6.66. The summed E-state index contributed by atoms with van der Waals surface area (Å²) in [6.07, 6.45) is 4.04. The smallest absolute Gasteiger partial charge is 0.264 e. The minimum absolute atomic E-state index is 0.0838. The van der Waals surface area contributed by atoms with Gasteiger partial charge in [0, 0.05) is 56.6 Å². The number of hydrogen-bond donors (Lipinski definition) is 2. The Kier molecular flexibility index (Phi) is 3.76. The molecule has 0 aliphatic carbocycles. The summed E-state index contributed by atoms with van der Waals surface area (Å²) in [4.78, 5) is 25.3. The van der Waals surface area contributed by atoms with Crippen LogP contribution in [0.15, 0.2) is 23.1 Å². The van der Waals surface area contributed by atoms with Crippen molar-refractivity contribution in [3.8, 4) is 11.1 Å². The number of rotatable bonds is 2. The zero-order valence-corrected chi connectivity index (χ0v) is 17.4. The van der Waals surface area contributed by atoms with Crippen LogP contribution >= 0.6 is 11.6 Å². The fraction of sp³-hybridized carbons (Fsp3) is 0.400. The largest absolute Gasteiger partial charge is 0.345 e. The van der Waals surface area contributed by atoms with Gasteiger partial charge in [0.2, 0.25) is 5.95 Å². The Morgan fingerprint density at radius 3 is 2.63 bits per heavy atom. The fourth-order valence-corrected chi connectivity index (χ4v) is 5.26. The monoisotopic (exact) mass is 424 g/mol. The normalized spacial score (nSPS) is 21.2. The molecule has 2 aliphatic rings. The number of anilines is 1. The van der Waals surface area contributed by atoms with Gasteiger partial charge in [-0.3, -0.25) is 9.36 Å². The number of aromatic amines is 1. The van der Waals surface area contributed by atoms with Gasteiger partial charge in [0.05, 0.1) is 10.4 Å². The van der Waals surface area contributed by atoms with Crippen LogP contribution in [0.4, 0.5) is 5.95 Å². The molecule has 154 valence electrons. The number of hydrogen-bond acceptors (Lipinski definition) is 6. The third-order valence-electron chi connectivity index (χ3n) is 6.38. The topological polar surface area (TPSA) is 96.7 Å². The van der Waals surface area contributed by atoms with Crippen molar-refractivity contribution in [3.63, 3.8) is 0 Å². The molecule has 9 nitrogen and oxygen atoms in total. The number of nitrogens with one attached hydrogen (secondary N) is 2. The predicted molar refractivity (Wildman–Crippen MR) is 116 cm³/mol. The van der Waals surface area contributed by atoms with Crippen molar-refractivity contribution in [2.45, 2.75) is 24.9 Å². The third kappa shape index (κ3) is 2.39. The highest BCUT2D eigenvalue weighted by molar-refractivity contribution is 6.38. The van der Waals surface area contributed by atoms with Gasteiger partial charge in [-0.05, 0) is 18.9 Å². The SMILES string of the molecule is Cn1nc2ccc(-c3c[nH]c4nc(N5C6CCC5CNC6)n(C)c(=O)c34)c(Cl)c2n1. The molecule has 6 rings (SSSR count). The van der Waals surface area contributed by atoms with Gasteiger partial charge in [-0.1, -0.05) is 17.7 Å². The van der Waals surface area contributed by atoms with Gasteiger partial charge >= 0.3 is 0 Å². The molecule has 10 heteroatoms. The van der Waals surface area contributed by atoms with Gasteiger partial charge in [-0.2, -0.15) is 20.0 Å². The lowest BCUT2D eigenvalue weighted by molar-refractivity contribution is 0.470. The summed E-state index contributed by atoms with van der Waals surface area (Å²) in [5, 5.41) is 13.1. The molecule has 0 saturated carbocycles. The lowest BCUT2D eigenvalue weighted by Gasteiger charge is -2.36. The summed E-state index contributed by atoms with van der Waals surface area (Å²) in [5.74, 6) is 0.727. The first kappa shape index (κ1) is 17.9. The van der Waals surface area contributed by atoms with Crippen LogP contribution in [0.1, 0.15) is 12.8 Å². The van der Waals surface area contributed by atoms with Crippen LogP contribution in [-0.4, -0.2) is 54.7 Å². The number of benzene rings is 1. The van der Waals surface area contributed by atoms with Gasteiger partial charge in [-0.25, -0.2) is 0 Å². The first-order chi connectivity index (χ1) is 14.5. The Morgan fingerprint density at radius 2 is 1.87 bits per heavy atom. The van der Waals surface area contributed by atoms with E-state index in [0.717, 1.165) is 43.0 Å². The van der Waals surface area contributed by atoms with E-state index in [1.54, 1.807) is 24.9 Å². The quantitative estimate of drug-likeness (QED) is 0.509. The molecule has 2 unspecified atom stereocenters. The van der Waals surface area contributed by atoms with E-state index in [0.29, 0.717) is 39.2 Å². The highest BCUT2D eigenvalue weighted by Crippen LogP contribution is 2.36.